The number of hydrogen-bond donors (Lipinski definition) is 2. The summed E-state index contributed by atoms with van der Waals surface area (Å²) in [5, 5.41) is 5.24. The van der Waals surface area contributed by atoms with Gasteiger partial charge in [0.15, 0.2) is 0 Å². The van der Waals surface area contributed by atoms with Crippen molar-refractivity contribution < 1.29 is 28.6 Å². The molecule has 3 aromatic carbocycles. The van der Waals surface area contributed by atoms with Gasteiger partial charge in [0.2, 0.25) is 0 Å². The van der Waals surface area contributed by atoms with Crippen molar-refractivity contribution in [2.45, 2.75) is 31.4 Å². The monoisotopic (exact) mass is 502 g/mol. The highest BCUT2D eigenvalue weighted by Crippen LogP contribution is 2.44. The third-order valence-electron chi connectivity index (χ3n) is 6.27. The number of nitrogens with one attached hydrogen (secondary N) is 2. The lowest BCUT2D eigenvalue weighted by molar-refractivity contribution is -0.143. The molecule has 192 valence electrons. The molecule has 0 heterocycles. The molecule has 1 aliphatic carbocycles. The summed E-state index contributed by atoms with van der Waals surface area (Å²) in [6.45, 7) is 0.580. The van der Waals surface area contributed by atoms with Gasteiger partial charge in [-0.2, -0.15) is 0 Å². The SMILES string of the molecule is COC(=O)[C@H](CCCNC(=O)OCc1ccccc1)NC(=O)OCC1c2ccccc2-c2ccccc21. The number of carbonyl (C=O) groups excluding carboxylic acids is 3. The second kappa shape index (κ2) is 12.6. The summed E-state index contributed by atoms with van der Waals surface area (Å²) in [5.74, 6) is -0.666. The molecule has 0 saturated heterocycles. The van der Waals surface area contributed by atoms with Crippen molar-refractivity contribution in [1.82, 2.24) is 10.6 Å². The fraction of sp³-hybridized carbons (Fsp3) is 0.276. The zero-order valence-electron chi connectivity index (χ0n) is 20.6. The standard InChI is InChI=1S/C29H30N2O6/c1-35-27(32)26(16-9-17-30-28(33)36-18-20-10-3-2-4-11-20)31-29(34)37-19-25-23-14-7-5-12-21(23)22-13-6-8-15-24(22)25/h2-8,10-15,25-26H,9,16-19H2,1H3,(H,30,33)(H,31,34)/t26-/m0/s1. The summed E-state index contributed by atoms with van der Waals surface area (Å²) >= 11 is 0. The molecule has 8 heteroatoms. The van der Waals surface area contributed by atoms with Crippen LogP contribution in [0.15, 0.2) is 78.9 Å². The van der Waals surface area contributed by atoms with Gasteiger partial charge < -0.3 is 24.8 Å². The van der Waals surface area contributed by atoms with Crippen molar-refractivity contribution in [3.8, 4) is 11.1 Å². The highest BCUT2D eigenvalue weighted by Gasteiger charge is 2.29. The van der Waals surface area contributed by atoms with E-state index in [0.717, 1.165) is 27.8 Å². The second-order valence-electron chi connectivity index (χ2n) is 8.68. The minimum absolute atomic E-state index is 0.0826. The number of rotatable bonds is 10. The summed E-state index contributed by atoms with van der Waals surface area (Å²) < 4.78 is 15.5. The third-order valence-corrected chi connectivity index (χ3v) is 6.27. The van der Waals surface area contributed by atoms with E-state index in [-0.39, 0.29) is 32.1 Å². The van der Waals surface area contributed by atoms with Crippen molar-refractivity contribution in [3.05, 3.63) is 95.6 Å². The van der Waals surface area contributed by atoms with E-state index in [0.29, 0.717) is 6.42 Å². The smallest absolute Gasteiger partial charge is 0.407 e. The lowest BCUT2D eigenvalue weighted by atomic mass is 9.98. The van der Waals surface area contributed by atoms with Crippen LogP contribution in [0.5, 0.6) is 0 Å². The van der Waals surface area contributed by atoms with Crippen LogP contribution in [-0.2, 0) is 25.6 Å². The fourth-order valence-corrected chi connectivity index (χ4v) is 4.44. The van der Waals surface area contributed by atoms with Gasteiger partial charge in [-0.1, -0.05) is 78.9 Å². The molecule has 1 aliphatic rings. The molecule has 1 atom stereocenters. The molecule has 0 saturated carbocycles. The lowest BCUT2D eigenvalue weighted by Gasteiger charge is -2.18. The van der Waals surface area contributed by atoms with Crippen LogP contribution < -0.4 is 10.6 Å². The molecule has 2 amide bonds. The van der Waals surface area contributed by atoms with Crippen LogP contribution in [0.4, 0.5) is 9.59 Å². The topological polar surface area (TPSA) is 103 Å². The Balaban J connectivity index is 1.24. The second-order valence-corrected chi connectivity index (χ2v) is 8.68. The molecule has 0 unspecified atom stereocenters. The Hall–Kier alpha value is -4.33. The number of alkyl carbamates (subject to hydrolysis) is 2. The maximum Gasteiger partial charge on any atom is 0.407 e. The van der Waals surface area contributed by atoms with E-state index in [2.05, 4.69) is 22.8 Å². The molecular formula is C29H30N2O6. The number of methoxy groups -OCH3 is 1. The van der Waals surface area contributed by atoms with E-state index < -0.39 is 24.2 Å². The normalized spacial score (nSPS) is 12.6. The van der Waals surface area contributed by atoms with Gasteiger partial charge >= 0.3 is 18.2 Å². The largest absolute Gasteiger partial charge is 0.467 e. The number of fused-ring (bicyclic) bond motifs is 3. The zero-order chi connectivity index (χ0) is 26.0. The molecule has 0 fully saturated rings. The molecule has 0 radical (unpaired) electrons. The van der Waals surface area contributed by atoms with E-state index in [1.807, 2.05) is 66.7 Å². The zero-order valence-corrected chi connectivity index (χ0v) is 20.6. The first-order valence-corrected chi connectivity index (χ1v) is 12.2. The van der Waals surface area contributed by atoms with Crippen molar-refractivity contribution in [2.24, 2.45) is 0 Å². The minimum Gasteiger partial charge on any atom is -0.467 e. The first kappa shape index (κ1) is 25.8. The van der Waals surface area contributed by atoms with Gasteiger partial charge in [0.05, 0.1) is 7.11 Å². The average Bonchev–Trinajstić information content (AvgIpc) is 3.26. The molecule has 0 spiro atoms. The molecule has 0 bridgehead atoms. The van der Waals surface area contributed by atoms with Crippen molar-refractivity contribution >= 4 is 18.2 Å². The molecule has 4 rings (SSSR count). The summed E-state index contributed by atoms with van der Waals surface area (Å²) in [5.41, 5.74) is 5.36. The van der Waals surface area contributed by atoms with Gasteiger partial charge in [0.1, 0.15) is 19.3 Å². The maximum absolute atomic E-state index is 12.6. The first-order valence-electron chi connectivity index (χ1n) is 12.2. The van der Waals surface area contributed by atoms with Gasteiger partial charge in [-0.05, 0) is 40.7 Å². The van der Waals surface area contributed by atoms with Crippen molar-refractivity contribution in [1.29, 1.82) is 0 Å². The number of amides is 2. The molecule has 0 aliphatic heterocycles. The summed E-state index contributed by atoms with van der Waals surface area (Å²) in [7, 11) is 1.26. The molecule has 0 aromatic heterocycles. The molecule has 3 aromatic rings. The Morgan fingerprint density at radius 3 is 2.08 bits per heavy atom. The van der Waals surface area contributed by atoms with Crippen LogP contribution >= 0.6 is 0 Å². The lowest BCUT2D eigenvalue weighted by Crippen LogP contribution is -2.42. The minimum atomic E-state index is -0.900. The Bertz CT molecular complexity index is 1180. The van der Waals surface area contributed by atoms with Crippen LogP contribution in [-0.4, -0.2) is 44.5 Å². The Kier molecular flexibility index (Phi) is 8.75. The van der Waals surface area contributed by atoms with Crippen LogP contribution in [0, 0.1) is 0 Å². The Morgan fingerprint density at radius 2 is 1.43 bits per heavy atom. The first-order chi connectivity index (χ1) is 18.1. The van der Waals surface area contributed by atoms with Crippen molar-refractivity contribution in [3.63, 3.8) is 0 Å². The molecular weight excluding hydrogens is 472 g/mol. The van der Waals surface area contributed by atoms with Crippen LogP contribution in [0.3, 0.4) is 0 Å². The van der Waals surface area contributed by atoms with Crippen molar-refractivity contribution in [2.75, 3.05) is 20.3 Å². The van der Waals surface area contributed by atoms with E-state index in [4.69, 9.17) is 14.2 Å². The fourth-order valence-electron chi connectivity index (χ4n) is 4.44. The predicted octanol–water partition coefficient (Wildman–Crippen LogP) is 4.77. The van der Waals surface area contributed by atoms with E-state index >= 15 is 0 Å². The van der Waals surface area contributed by atoms with Crippen LogP contribution in [0.1, 0.15) is 35.4 Å². The number of esters is 1. The van der Waals surface area contributed by atoms with Gasteiger partial charge in [-0.3, -0.25) is 0 Å². The van der Waals surface area contributed by atoms with Gasteiger partial charge in [-0.15, -0.1) is 0 Å². The quantitative estimate of drug-likeness (QED) is 0.235. The summed E-state index contributed by atoms with van der Waals surface area (Å²) in [6, 6.07) is 24.6. The van der Waals surface area contributed by atoms with Crippen LogP contribution in [0.25, 0.3) is 11.1 Å². The highest BCUT2D eigenvalue weighted by molar-refractivity contribution is 5.82. The number of ether oxygens (including phenoxy) is 3. The number of carbonyl (C=O) groups is 3. The number of benzene rings is 3. The van der Waals surface area contributed by atoms with Gasteiger partial charge in [0, 0.05) is 12.5 Å². The number of hydrogen-bond acceptors (Lipinski definition) is 6. The summed E-state index contributed by atoms with van der Waals surface area (Å²) in [6.07, 6.45) is -0.574. The van der Waals surface area contributed by atoms with Gasteiger partial charge in [-0.25, -0.2) is 14.4 Å². The predicted molar refractivity (Wildman–Crippen MR) is 138 cm³/mol. The van der Waals surface area contributed by atoms with Crippen LogP contribution in [0.2, 0.25) is 0 Å². The average molecular weight is 503 g/mol. The van der Waals surface area contributed by atoms with E-state index in [1.165, 1.54) is 7.11 Å². The Labute approximate surface area is 215 Å². The molecule has 2 N–H and O–H groups in total. The van der Waals surface area contributed by atoms with E-state index in [9.17, 15) is 14.4 Å². The van der Waals surface area contributed by atoms with E-state index in [1.54, 1.807) is 0 Å². The molecule has 37 heavy (non-hydrogen) atoms. The highest BCUT2D eigenvalue weighted by atomic mass is 16.6. The summed E-state index contributed by atoms with van der Waals surface area (Å²) in [4.78, 5) is 36.7. The third kappa shape index (κ3) is 6.67. The van der Waals surface area contributed by atoms with Gasteiger partial charge in [0.25, 0.3) is 0 Å². The molecule has 8 nitrogen and oxygen atoms in total. The Morgan fingerprint density at radius 1 is 0.811 bits per heavy atom. The maximum atomic E-state index is 12.6.